The highest BCUT2D eigenvalue weighted by molar-refractivity contribution is 7.22. The molecule has 1 fully saturated rings. The van der Waals surface area contributed by atoms with E-state index in [2.05, 4.69) is 44.3 Å². The average molecular weight is 274 g/mol. The average Bonchev–Trinajstić information content (AvgIpc) is 2.93. The Morgan fingerprint density at radius 3 is 2.95 bits per heavy atom. The van der Waals surface area contributed by atoms with Crippen molar-refractivity contribution in [3.8, 4) is 0 Å². The molecule has 0 saturated heterocycles. The van der Waals surface area contributed by atoms with E-state index >= 15 is 0 Å². The van der Waals surface area contributed by atoms with Gasteiger partial charge in [0.05, 0.1) is 10.2 Å². The van der Waals surface area contributed by atoms with Gasteiger partial charge in [0.2, 0.25) is 0 Å². The maximum atomic E-state index is 4.73. The van der Waals surface area contributed by atoms with E-state index in [0.29, 0.717) is 6.04 Å². The molecule has 2 nitrogen and oxygen atoms in total. The Labute approximate surface area is 119 Å². The summed E-state index contributed by atoms with van der Waals surface area (Å²) in [4.78, 5) is 4.73. The van der Waals surface area contributed by atoms with E-state index in [0.717, 1.165) is 22.5 Å². The Bertz CT molecular complexity index is 575. The maximum Gasteiger partial charge on any atom is 0.184 e. The first-order valence-corrected chi connectivity index (χ1v) is 8.12. The summed E-state index contributed by atoms with van der Waals surface area (Å²) in [5, 5.41) is 4.76. The molecule has 0 spiro atoms. The molecule has 3 rings (SSSR count). The minimum Gasteiger partial charge on any atom is -0.358 e. The van der Waals surface area contributed by atoms with E-state index in [9.17, 15) is 0 Å². The quantitative estimate of drug-likeness (QED) is 0.866. The van der Waals surface area contributed by atoms with Crippen LogP contribution in [0.25, 0.3) is 10.2 Å². The van der Waals surface area contributed by atoms with E-state index < -0.39 is 0 Å². The fraction of sp³-hybridized carbons (Fsp3) is 0.562. The molecule has 1 N–H and O–H groups in total. The first kappa shape index (κ1) is 12.9. The molecule has 0 amide bonds. The zero-order chi connectivity index (χ0) is 13.4. The predicted molar refractivity (Wildman–Crippen MR) is 83.9 cm³/mol. The number of aromatic nitrogens is 1. The SMILES string of the molecule is CCC1CCC(Nc2nc3cc(C)ccc3s2)C1C. The summed E-state index contributed by atoms with van der Waals surface area (Å²) >= 11 is 1.78. The van der Waals surface area contributed by atoms with Crippen LogP contribution in [0.1, 0.15) is 38.7 Å². The second-order valence-electron chi connectivity index (χ2n) is 5.85. The molecule has 1 aliphatic rings. The third-order valence-corrected chi connectivity index (χ3v) is 5.57. The van der Waals surface area contributed by atoms with Crippen molar-refractivity contribution < 1.29 is 0 Å². The topological polar surface area (TPSA) is 24.9 Å². The molecule has 2 aromatic rings. The Balaban J connectivity index is 1.78. The fourth-order valence-electron chi connectivity index (χ4n) is 3.29. The number of thiazole rings is 1. The number of benzene rings is 1. The molecule has 1 saturated carbocycles. The zero-order valence-corrected chi connectivity index (χ0v) is 12.8. The van der Waals surface area contributed by atoms with Gasteiger partial charge in [-0.05, 0) is 49.3 Å². The molecule has 0 aliphatic heterocycles. The normalized spacial score (nSPS) is 27.0. The fourth-order valence-corrected chi connectivity index (χ4v) is 4.19. The van der Waals surface area contributed by atoms with Crippen molar-refractivity contribution in [1.82, 2.24) is 4.98 Å². The van der Waals surface area contributed by atoms with Crippen LogP contribution in [-0.2, 0) is 0 Å². The Morgan fingerprint density at radius 2 is 2.21 bits per heavy atom. The van der Waals surface area contributed by atoms with E-state index in [1.807, 2.05) is 0 Å². The van der Waals surface area contributed by atoms with Gasteiger partial charge in [-0.2, -0.15) is 0 Å². The number of nitrogens with zero attached hydrogens (tertiary/aromatic N) is 1. The molecule has 1 aliphatic carbocycles. The maximum absolute atomic E-state index is 4.73. The highest BCUT2D eigenvalue weighted by Gasteiger charge is 2.31. The molecule has 3 atom stereocenters. The van der Waals surface area contributed by atoms with E-state index in [1.54, 1.807) is 11.3 Å². The predicted octanol–water partition coefficient (Wildman–Crippen LogP) is 4.84. The Kier molecular flexibility index (Phi) is 3.48. The van der Waals surface area contributed by atoms with Crippen LogP contribution in [0.2, 0.25) is 0 Å². The van der Waals surface area contributed by atoms with Crippen molar-refractivity contribution in [2.45, 2.75) is 46.1 Å². The van der Waals surface area contributed by atoms with Crippen LogP contribution >= 0.6 is 11.3 Å². The smallest absolute Gasteiger partial charge is 0.184 e. The highest BCUT2D eigenvalue weighted by Crippen LogP contribution is 2.37. The lowest BCUT2D eigenvalue weighted by Crippen LogP contribution is -2.24. The zero-order valence-electron chi connectivity index (χ0n) is 11.9. The summed E-state index contributed by atoms with van der Waals surface area (Å²) < 4.78 is 1.28. The van der Waals surface area contributed by atoms with Crippen molar-refractivity contribution in [2.24, 2.45) is 11.8 Å². The lowest BCUT2D eigenvalue weighted by molar-refractivity contribution is 0.392. The first-order valence-electron chi connectivity index (χ1n) is 7.31. The second kappa shape index (κ2) is 5.12. The van der Waals surface area contributed by atoms with Gasteiger partial charge < -0.3 is 5.32 Å². The number of hydrogen-bond acceptors (Lipinski definition) is 3. The number of fused-ring (bicyclic) bond motifs is 1. The summed E-state index contributed by atoms with van der Waals surface area (Å²) in [6.07, 6.45) is 3.95. The van der Waals surface area contributed by atoms with Gasteiger partial charge in [-0.25, -0.2) is 4.98 Å². The van der Waals surface area contributed by atoms with Gasteiger partial charge >= 0.3 is 0 Å². The van der Waals surface area contributed by atoms with Crippen molar-refractivity contribution in [3.05, 3.63) is 23.8 Å². The lowest BCUT2D eigenvalue weighted by atomic mass is 9.94. The molecule has 19 heavy (non-hydrogen) atoms. The van der Waals surface area contributed by atoms with Crippen LogP contribution in [-0.4, -0.2) is 11.0 Å². The van der Waals surface area contributed by atoms with Crippen molar-refractivity contribution in [2.75, 3.05) is 5.32 Å². The first-order chi connectivity index (χ1) is 9.17. The van der Waals surface area contributed by atoms with Crippen LogP contribution in [0.5, 0.6) is 0 Å². The van der Waals surface area contributed by atoms with Gasteiger partial charge in [-0.3, -0.25) is 0 Å². The molecule has 0 bridgehead atoms. The Hall–Kier alpha value is -1.09. The summed E-state index contributed by atoms with van der Waals surface area (Å²) in [5.74, 6) is 1.65. The van der Waals surface area contributed by atoms with Gasteiger partial charge in [-0.1, -0.05) is 37.7 Å². The largest absolute Gasteiger partial charge is 0.358 e. The van der Waals surface area contributed by atoms with Crippen molar-refractivity contribution >= 4 is 26.7 Å². The monoisotopic (exact) mass is 274 g/mol. The molecule has 1 aromatic heterocycles. The van der Waals surface area contributed by atoms with Crippen LogP contribution in [0.4, 0.5) is 5.13 Å². The second-order valence-corrected chi connectivity index (χ2v) is 6.88. The molecule has 102 valence electrons. The lowest BCUT2D eigenvalue weighted by Gasteiger charge is -2.20. The standard InChI is InChI=1S/C16H22N2S/c1-4-12-6-7-13(11(12)3)17-16-18-14-9-10(2)5-8-15(14)19-16/h5,8-9,11-13H,4,6-7H2,1-3H3,(H,17,18). The molecule has 1 aromatic carbocycles. The van der Waals surface area contributed by atoms with Crippen LogP contribution in [0.15, 0.2) is 18.2 Å². The van der Waals surface area contributed by atoms with Gasteiger partial charge in [0.25, 0.3) is 0 Å². The van der Waals surface area contributed by atoms with E-state index in [4.69, 9.17) is 4.98 Å². The molecular weight excluding hydrogens is 252 g/mol. The number of rotatable bonds is 3. The number of anilines is 1. The minimum absolute atomic E-state index is 0.603. The van der Waals surface area contributed by atoms with Crippen LogP contribution in [0.3, 0.4) is 0 Å². The molecule has 1 heterocycles. The van der Waals surface area contributed by atoms with Crippen LogP contribution < -0.4 is 5.32 Å². The third kappa shape index (κ3) is 2.48. The number of nitrogens with one attached hydrogen (secondary N) is 1. The molecule has 3 unspecified atom stereocenters. The summed E-state index contributed by atoms with van der Waals surface area (Å²) in [5.41, 5.74) is 2.41. The van der Waals surface area contributed by atoms with Gasteiger partial charge in [0.1, 0.15) is 0 Å². The Morgan fingerprint density at radius 1 is 1.37 bits per heavy atom. The van der Waals surface area contributed by atoms with Gasteiger partial charge in [0.15, 0.2) is 5.13 Å². The summed E-state index contributed by atoms with van der Waals surface area (Å²) in [7, 11) is 0. The van der Waals surface area contributed by atoms with Crippen molar-refractivity contribution in [1.29, 1.82) is 0 Å². The van der Waals surface area contributed by atoms with Crippen LogP contribution in [0, 0.1) is 18.8 Å². The van der Waals surface area contributed by atoms with Gasteiger partial charge in [-0.15, -0.1) is 0 Å². The summed E-state index contributed by atoms with van der Waals surface area (Å²) in [6, 6.07) is 7.12. The van der Waals surface area contributed by atoms with E-state index in [-0.39, 0.29) is 0 Å². The summed E-state index contributed by atoms with van der Waals surface area (Å²) in [6.45, 7) is 6.82. The molecular formula is C16H22N2S. The van der Waals surface area contributed by atoms with E-state index in [1.165, 1.54) is 29.5 Å². The third-order valence-electron chi connectivity index (χ3n) is 4.60. The minimum atomic E-state index is 0.603. The number of hydrogen-bond donors (Lipinski definition) is 1. The van der Waals surface area contributed by atoms with Gasteiger partial charge in [0, 0.05) is 6.04 Å². The highest BCUT2D eigenvalue weighted by atomic mass is 32.1. The number of aryl methyl sites for hydroxylation is 1. The van der Waals surface area contributed by atoms with Crippen molar-refractivity contribution in [3.63, 3.8) is 0 Å². The molecule has 3 heteroatoms. The molecule has 0 radical (unpaired) electrons.